The van der Waals surface area contributed by atoms with Crippen LogP contribution in [-0.4, -0.2) is 17.3 Å². The zero-order valence-electron chi connectivity index (χ0n) is 9.68. The molecule has 0 saturated heterocycles. The van der Waals surface area contributed by atoms with Gasteiger partial charge in [-0.2, -0.15) is 0 Å². The van der Waals surface area contributed by atoms with Gasteiger partial charge in [0.05, 0.1) is 5.60 Å². The van der Waals surface area contributed by atoms with Gasteiger partial charge >= 0.3 is 0 Å². The molecule has 2 rings (SSSR count). The molecule has 0 amide bonds. The highest BCUT2D eigenvalue weighted by Gasteiger charge is 2.30. The standard InChI is InChI=1S/C13H17F2NO/c14-11-5-3-4-10(12(11)15)8-16-9-13(17)6-1-2-7-13/h3-5,16-17H,1-2,6-9H2. The van der Waals surface area contributed by atoms with E-state index in [0.717, 1.165) is 31.7 Å². The van der Waals surface area contributed by atoms with Gasteiger partial charge in [0.1, 0.15) is 0 Å². The van der Waals surface area contributed by atoms with Gasteiger partial charge in [0.25, 0.3) is 0 Å². The van der Waals surface area contributed by atoms with Crippen LogP contribution in [-0.2, 0) is 6.54 Å². The van der Waals surface area contributed by atoms with Crippen LogP contribution in [0.4, 0.5) is 8.78 Å². The quantitative estimate of drug-likeness (QED) is 0.848. The van der Waals surface area contributed by atoms with Crippen LogP contribution >= 0.6 is 0 Å². The Balaban J connectivity index is 1.88. The lowest BCUT2D eigenvalue weighted by Gasteiger charge is -2.22. The first-order valence-electron chi connectivity index (χ1n) is 5.97. The van der Waals surface area contributed by atoms with Crippen molar-refractivity contribution >= 4 is 0 Å². The molecule has 0 heterocycles. The predicted molar refractivity (Wildman–Crippen MR) is 61.5 cm³/mol. The lowest BCUT2D eigenvalue weighted by atomic mass is 10.0. The number of halogens is 2. The first-order valence-corrected chi connectivity index (χ1v) is 5.97. The van der Waals surface area contributed by atoms with Crippen LogP contribution < -0.4 is 5.32 Å². The summed E-state index contributed by atoms with van der Waals surface area (Å²) in [5.74, 6) is -1.64. The summed E-state index contributed by atoms with van der Waals surface area (Å²) in [5, 5.41) is 13.1. The molecule has 0 radical (unpaired) electrons. The van der Waals surface area contributed by atoms with Crippen molar-refractivity contribution in [1.29, 1.82) is 0 Å². The molecule has 2 nitrogen and oxygen atoms in total. The molecule has 94 valence electrons. The van der Waals surface area contributed by atoms with E-state index in [9.17, 15) is 13.9 Å². The summed E-state index contributed by atoms with van der Waals surface area (Å²) in [6.45, 7) is 0.675. The minimum atomic E-state index is -0.830. The SMILES string of the molecule is OC1(CNCc2cccc(F)c2F)CCCC1. The van der Waals surface area contributed by atoms with Crippen LogP contribution in [0.2, 0.25) is 0 Å². The maximum absolute atomic E-state index is 13.3. The van der Waals surface area contributed by atoms with Gasteiger partial charge in [0.15, 0.2) is 11.6 Å². The zero-order chi connectivity index (χ0) is 12.3. The molecule has 0 spiro atoms. The number of nitrogens with one attached hydrogen (secondary N) is 1. The summed E-state index contributed by atoms with van der Waals surface area (Å²) < 4.78 is 26.3. The Morgan fingerprint density at radius 3 is 2.65 bits per heavy atom. The van der Waals surface area contributed by atoms with Gasteiger partial charge < -0.3 is 10.4 Å². The van der Waals surface area contributed by atoms with E-state index in [1.807, 2.05) is 0 Å². The van der Waals surface area contributed by atoms with Crippen molar-refractivity contribution in [2.24, 2.45) is 0 Å². The molecule has 1 aromatic carbocycles. The van der Waals surface area contributed by atoms with E-state index in [4.69, 9.17) is 0 Å². The largest absolute Gasteiger partial charge is 0.389 e. The maximum atomic E-state index is 13.3. The van der Waals surface area contributed by atoms with E-state index in [1.165, 1.54) is 6.07 Å². The van der Waals surface area contributed by atoms with Crippen LogP contribution in [0.3, 0.4) is 0 Å². The molecular weight excluding hydrogens is 224 g/mol. The minimum absolute atomic E-state index is 0.242. The van der Waals surface area contributed by atoms with Gasteiger partial charge in [0, 0.05) is 18.7 Å². The summed E-state index contributed by atoms with van der Waals surface area (Å²) in [6, 6.07) is 4.13. The van der Waals surface area contributed by atoms with Crippen molar-refractivity contribution in [3.8, 4) is 0 Å². The topological polar surface area (TPSA) is 32.3 Å². The van der Waals surface area contributed by atoms with Gasteiger partial charge in [-0.1, -0.05) is 25.0 Å². The third kappa shape index (κ3) is 3.01. The minimum Gasteiger partial charge on any atom is -0.389 e. The molecule has 1 fully saturated rings. The Hall–Kier alpha value is -1.00. The van der Waals surface area contributed by atoms with E-state index in [0.29, 0.717) is 12.1 Å². The summed E-state index contributed by atoms with van der Waals surface area (Å²) in [6.07, 6.45) is 3.64. The number of hydrogen-bond acceptors (Lipinski definition) is 2. The van der Waals surface area contributed by atoms with Crippen LogP contribution in [0, 0.1) is 11.6 Å². The number of hydrogen-bond donors (Lipinski definition) is 2. The van der Waals surface area contributed by atoms with E-state index < -0.39 is 17.2 Å². The van der Waals surface area contributed by atoms with E-state index in [1.54, 1.807) is 6.07 Å². The average molecular weight is 241 g/mol. The second-order valence-electron chi connectivity index (χ2n) is 4.75. The van der Waals surface area contributed by atoms with Gasteiger partial charge in [0.2, 0.25) is 0 Å². The highest BCUT2D eigenvalue weighted by molar-refractivity contribution is 5.18. The molecule has 0 aromatic heterocycles. The third-order valence-electron chi connectivity index (χ3n) is 3.34. The van der Waals surface area contributed by atoms with Crippen molar-refractivity contribution in [2.75, 3.05) is 6.54 Å². The first-order chi connectivity index (χ1) is 8.11. The highest BCUT2D eigenvalue weighted by atomic mass is 19.2. The van der Waals surface area contributed by atoms with Gasteiger partial charge in [-0.3, -0.25) is 0 Å². The summed E-state index contributed by atoms with van der Waals surface area (Å²) in [4.78, 5) is 0. The zero-order valence-corrected chi connectivity index (χ0v) is 9.68. The van der Waals surface area contributed by atoms with Crippen molar-refractivity contribution < 1.29 is 13.9 Å². The Morgan fingerprint density at radius 2 is 1.94 bits per heavy atom. The fourth-order valence-corrected chi connectivity index (χ4v) is 2.32. The molecule has 1 aliphatic carbocycles. The smallest absolute Gasteiger partial charge is 0.163 e. The molecule has 0 aliphatic heterocycles. The fourth-order valence-electron chi connectivity index (χ4n) is 2.32. The third-order valence-corrected chi connectivity index (χ3v) is 3.34. The van der Waals surface area contributed by atoms with Gasteiger partial charge in [-0.05, 0) is 18.9 Å². The van der Waals surface area contributed by atoms with Gasteiger partial charge in [-0.15, -0.1) is 0 Å². The molecule has 1 aromatic rings. The van der Waals surface area contributed by atoms with E-state index in [-0.39, 0.29) is 6.54 Å². The lowest BCUT2D eigenvalue weighted by molar-refractivity contribution is 0.0474. The summed E-state index contributed by atoms with van der Waals surface area (Å²) >= 11 is 0. The van der Waals surface area contributed by atoms with E-state index >= 15 is 0 Å². The Bertz CT molecular complexity index is 389. The van der Waals surface area contributed by atoms with Crippen molar-refractivity contribution in [3.05, 3.63) is 35.4 Å². The molecule has 0 unspecified atom stereocenters. The summed E-state index contributed by atoms with van der Waals surface area (Å²) in [7, 11) is 0. The molecular formula is C13H17F2NO. The molecule has 0 atom stereocenters. The molecule has 0 bridgehead atoms. The van der Waals surface area contributed by atoms with E-state index in [2.05, 4.69) is 5.32 Å². The Kier molecular flexibility index (Phi) is 3.74. The number of benzene rings is 1. The summed E-state index contributed by atoms with van der Waals surface area (Å²) in [5.41, 5.74) is -0.365. The fraction of sp³-hybridized carbons (Fsp3) is 0.538. The highest BCUT2D eigenvalue weighted by Crippen LogP contribution is 2.28. The number of aliphatic hydroxyl groups is 1. The molecule has 17 heavy (non-hydrogen) atoms. The van der Waals surface area contributed by atoms with Crippen molar-refractivity contribution in [2.45, 2.75) is 37.8 Å². The molecule has 2 N–H and O–H groups in total. The van der Waals surface area contributed by atoms with Crippen molar-refractivity contribution in [3.63, 3.8) is 0 Å². The van der Waals surface area contributed by atoms with Crippen LogP contribution in [0.25, 0.3) is 0 Å². The second kappa shape index (κ2) is 5.10. The first kappa shape index (κ1) is 12.5. The van der Waals surface area contributed by atoms with Crippen LogP contribution in [0.5, 0.6) is 0 Å². The number of rotatable bonds is 4. The average Bonchev–Trinajstić information content (AvgIpc) is 2.72. The second-order valence-corrected chi connectivity index (χ2v) is 4.75. The monoisotopic (exact) mass is 241 g/mol. The molecule has 1 saturated carbocycles. The van der Waals surface area contributed by atoms with Crippen LogP contribution in [0.15, 0.2) is 18.2 Å². The maximum Gasteiger partial charge on any atom is 0.163 e. The Labute approximate surface area is 99.7 Å². The molecule has 1 aliphatic rings. The normalized spacial score (nSPS) is 18.5. The lowest BCUT2D eigenvalue weighted by Crippen LogP contribution is -2.37. The van der Waals surface area contributed by atoms with Gasteiger partial charge in [-0.25, -0.2) is 8.78 Å². The predicted octanol–water partition coefficient (Wildman–Crippen LogP) is 2.36. The van der Waals surface area contributed by atoms with Crippen LogP contribution in [0.1, 0.15) is 31.2 Å². The van der Waals surface area contributed by atoms with Crippen molar-refractivity contribution in [1.82, 2.24) is 5.32 Å². The molecule has 4 heteroatoms. The Morgan fingerprint density at radius 1 is 1.24 bits per heavy atom.